The fourth-order valence-corrected chi connectivity index (χ4v) is 3.40. The Morgan fingerprint density at radius 2 is 1.46 bits per heavy atom. The van der Waals surface area contributed by atoms with E-state index < -0.39 is 0 Å². The first-order valence-corrected chi connectivity index (χ1v) is 9.50. The molecule has 1 fully saturated rings. The number of rotatable bonds is 4. The van der Waals surface area contributed by atoms with Gasteiger partial charge in [-0.25, -0.2) is 0 Å². The van der Waals surface area contributed by atoms with Crippen molar-refractivity contribution in [3.63, 3.8) is 0 Å². The summed E-state index contributed by atoms with van der Waals surface area (Å²) in [6.45, 7) is 2.30. The van der Waals surface area contributed by atoms with Gasteiger partial charge in [-0.15, -0.1) is 0 Å². The Balaban J connectivity index is 1.67. The van der Waals surface area contributed by atoms with E-state index in [2.05, 4.69) is 0 Å². The lowest BCUT2D eigenvalue weighted by atomic mass is 10.1. The Kier molecular flexibility index (Phi) is 6.19. The number of ether oxygens (including phenoxy) is 1. The van der Waals surface area contributed by atoms with Crippen molar-refractivity contribution in [1.29, 1.82) is 0 Å². The van der Waals surface area contributed by atoms with Gasteiger partial charge >= 0.3 is 0 Å². The number of methoxy groups -OCH3 is 1. The maximum Gasteiger partial charge on any atom is 0.257 e. The Bertz CT molecular complexity index is 833. The Morgan fingerprint density at radius 1 is 0.857 bits per heavy atom. The fraction of sp³-hybridized carbons (Fsp3) is 0.364. The molecule has 0 saturated carbocycles. The summed E-state index contributed by atoms with van der Waals surface area (Å²) >= 11 is 0. The molecule has 2 aromatic rings. The molecule has 0 aromatic heterocycles. The second kappa shape index (κ2) is 8.78. The van der Waals surface area contributed by atoms with Crippen LogP contribution in [0.2, 0.25) is 0 Å². The van der Waals surface area contributed by atoms with E-state index in [-0.39, 0.29) is 11.8 Å². The molecule has 2 aromatic carbocycles. The van der Waals surface area contributed by atoms with Gasteiger partial charge in [0.2, 0.25) is 0 Å². The maximum absolute atomic E-state index is 12.9. The standard InChI is InChI=1S/C22H27N3O3/c1-23(2)18-11-9-17(10-12-18)21(26)24-13-6-14-25(16-15-24)22(27)19-7-4-5-8-20(19)28-3/h4-5,7-12H,6,13-16H2,1-3H3. The summed E-state index contributed by atoms with van der Waals surface area (Å²) in [5, 5.41) is 0. The number of amides is 2. The second-order valence-corrected chi connectivity index (χ2v) is 7.08. The van der Waals surface area contributed by atoms with E-state index in [4.69, 9.17) is 4.74 Å². The molecule has 28 heavy (non-hydrogen) atoms. The zero-order chi connectivity index (χ0) is 20.1. The van der Waals surface area contributed by atoms with Gasteiger partial charge in [-0.3, -0.25) is 9.59 Å². The molecule has 2 amide bonds. The number of para-hydroxylation sites is 1. The summed E-state index contributed by atoms with van der Waals surface area (Å²) in [6.07, 6.45) is 0.752. The van der Waals surface area contributed by atoms with Crippen LogP contribution in [-0.2, 0) is 0 Å². The molecule has 0 aliphatic carbocycles. The van der Waals surface area contributed by atoms with Crippen molar-refractivity contribution in [2.24, 2.45) is 0 Å². The quantitative estimate of drug-likeness (QED) is 0.817. The van der Waals surface area contributed by atoms with Crippen molar-refractivity contribution in [2.75, 3.05) is 52.3 Å². The SMILES string of the molecule is COc1ccccc1C(=O)N1CCCN(C(=O)c2ccc(N(C)C)cc2)CC1. The molecular formula is C22H27N3O3. The van der Waals surface area contributed by atoms with Gasteiger partial charge in [0.25, 0.3) is 11.8 Å². The van der Waals surface area contributed by atoms with Crippen LogP contribution in [0.4, 0.5) is 5.69 Å². The van der Waals surface area contributed by atoms with Crippen LogP contribution in [0, 0.1) is 0 Å². The predicted molar refractivity (Wildman–Crippen MR) is 110 cm³/mol. The smallest absolute Gasteiger partial charge is 0.257 e. The van der Waals surface area contributed by atoms with E-state index in [1.807, 2.05) is 60.3 Å². The number of hydrogen-bond donors (Lipinski definition) is 0. The third kappa shape index (κ3) is 4.27. The van der Waals surface area contributed by atoms with Gasteiger partial charge < -0.3 is 19.4 Å². The molecule has 0 atom stereocenters. The summed E-state index contributed by atoms with van der Waals surface area (Å²) in [4.78, 5) is 31.4. The van der Waals surface area contributed by atoms with Crippen LogP contribution < -0.4 is 9.64 Å². The van der Waals surface area contributed by atoms with Crippen molar-refractivity contribution in [3.8, 4) is 5.75 Å². The molecule has 1 saturated heterocycles. The second-order valence-electron chi connectivity index (χ2n) is 7.08. The van der Waals surface area contributed by atoms with E-state index in [9.17, 15) is 9.59 Å². The number of carbonyl (C=O) groups excluding carboxylic acids is 2. The Hall–Kier alpha value is -3.02. The molecule has 6 heteroatoms. The first-order valence-electron chi connectivity index (χ1n) is 9.50. The molecule has 0 bridgehead atoms. The van der Waals surface area contributed by atoms with Crippen molar-refractivity contribution < 1.29 is 14.3 Å². The van der Waals surface area contributed by atoms with Crippen molar-refractivity contribution in [1.82, 2.24) is 9.80 Å². The molecule has 0 radical (unpaired) electrons. The maximum atomic E-state index is 12.9. The molecule has 1 aliphatic heterocycles. The van der Waals surface area contributed by atoms with E-state index in [0.717, 1.165) is 12.1 Å². The van der Waals surface area contributed by atoms with Crippen LogP contribution in [0.3, 0.4) is 0 Å². The number of carbonyl (C=O) groups is 2. The molecule has 0 spiro atoms. The Labute approximate surface area is 166 Å². The van der Waals surface area contributed by atoms with Crippen LogP contribution in [-0.4, -0.2) is 69.0 Å². The van der Waals surface area contributed by atoms with E-state index in [1.54, 1.807) is 24.1 Å². The van der Waals surface area contributed by atoms with Gasteiger partial charge in [0.05, 0.1) is 12.7 Å². The van der Waals surface area contributed by atoms with Gasteiger partial charge in [-0.1, -0.05) is 12.1 Å². The first-order chi connectivity index (χ1) is 13.5. The summed E-state index contributed by atoms with van der Waals surface area (Å²) < 4.78 is 5.32. The summed E-state index contributed by atoms with van der Waals surface area (Å²) in [5.74, 6) is 0.532. The highest BCUT2D eigenvalue weighted by molar-refractivity contribution is 5.97. The first kappa shape index (κ1) is 19.7. The average molecular weight is 381 g/mol. The third-order valence-electron chi connectivity index (χ3n) is 5.04. The molecule has 1 aliphatic rings. The van der Waals surface area contributed by atoms with E-state index in [1.165, 1.54) is 0 Å². The highest BCUT2D eigenvalue weighted by Crippen LogP contribution is 2.21. The number of nitrogens with zero attached hydrogens (tertiary/aromatic N) is 3. The number of hydrogen-bond acceptors (Lipinski definition) is 4. The van der Waals surface area contributed by atoms with Gasteiger partial charge in [0.1, 0.15) is 5.75 Å². The fourth-order valence-electron chi connectivity index (χ4n) is 3.40. The van der Waals surface area contributed by atoms with E-state index >= 15 is 0 Å². The van der Waals surface area contributed by atoms with Gasteiger partial charge in [-0.2, -0.15) is 0 Å². The summed E-state index contributed by atoms with van der Waals surface area (Å²) in [7, 11) is 5.51. The summed E-state index contributed by atoms with van der Waals surface area (Å²) in [5.41, 5.74) is 2.29. The van der Waals surface area contributed by atoms with Crippen LogP contribution in [0.25, 0.3) is 0 Å². The van der Waals surface area contributed by atoms with E-state index in [0.29, 0.717) is 43.1 Å². The lowest BCUT2D eigenvalue weighted by Crippen LogP contribution is -2.37. The zero-order valence-electron chi connectivity index (χ0n) is 16.7. The van der Waals surface area contributed by atoms with Gasteiger partial charge in [0.15, 0.2) is 0 Å². The molecule has 148 valence electrons. The van der Waals surface area contributed by atoms with Crippen LogP contribution in [0.1, 0.15) is 27.1 Å². The predicted octanol–water partition coefficient (Wildman–Crippen LogP) is 2.75. The van der Waals surface area contributed by atoms with Crippen molar-refractivity contribution in [3.05, 3.63) is 59.7 Å². The molecule has 1 heterocycles. The minimum atomic E-state index is -0.0536. The zero-order valence-corrected chi connectivity index (χ0v) is 16.7. The van der Waals surface area contributed by atoms with Crippen LogP contribution in [0.15, 0.2) is 48.5 Å². The minimum Gasteiger partial charge on any atom is -0.496 e. The monoisotopic (exact) mass is 381 g/mol. The molecule has 0 unspecified atom stereocenters. The largest absolute Gasteiger partial charge is 0.496 e. The lowest BCUT2D eigenvalue weighted by molar-refractivity contribution is 0.0717. The topological polar surface area (TPSA) is 53.1 Å². The molecular weight excluding hydrogens is 354 g/mol. The highest BCUT2D eigenvalue weighted by Gasteiger charge is 2.25. The van der Waals surface area contributed by atoms with Crippen molar-refractivity contribution in [2.45, 2.75) is 6.42 Å². The Morgan fingerprint density at radius 3 is 2.07 bits per heavy atom. The summed E-state index contributed by atoms with van der Waals surface area (Å²) in [6, 6.07) is 14.9. The number of anilines is 1. The minimum absolute atomic E-state index is 0.0110. The number of benzene rings is 2. The van der Waals surface area contributed by atoms with Gasteiger partial charge in [0, 0.05) is 51.5 Å². The molecule has 6 nitrogen and oxygen atoms in total. The average Bonchev–Trinajstić information content (AvgIpc) is 2.99. The van der Waals surface area contributed by atoms with Crippen LogP contribution >= 0.6 is 0 Å². The van der Waals surface area contributed by atoms with Crippen molar-refractivity contribution >= 4 is 17.5 Å². The molecule has 0 N–H and O–H groups in total. The molecule has 3 rings (SSSR count). The third-order valence-corrected chi connectivity index (χ3v) is 5.04. The highest BCUT2D eigenvalue weighted by atomic mass is 16.5. The lowest BCUT2D eigenvalue weighted by Gasteiger charge is -2.23. The normalized spacial score (nSPS) is 14.4. The van der Waals surface area contributed by atoms with Gasteiger partial charge in [-0.05, 0) is 42.8 Å². The van der Waals surface area contributed by atoms with Crippen LogP contribution in [0.5, 0.6) is 5.75 Å².